The van der Waals surface area contributed by atoms with Gasteiger partial charge in [-0.15, -0.1) is 0 Å². The Morgan fingerprint density at radius 3 is 2.30 bits per heavy atom. The van der Waals surface area contributed by atoms with Crippen molar-refractivity contribution < 1.29 is 18.0 Å². The van der Waals surface area contributed by atoms with E-state index < -0.39 is 22.1 Å². The highest BCUT2D eigenvalue weighted by molar-refractivity contribution is 7.89. The summed E-state index contributed by atoms with van der Waals surface area (Å²) >= 11 is 6.00. The number of carbonyl (C=O) groups is 2. The Morgan fingerprint density at radius 1 is 1.00 bits per heavy atom. The van der Waals surface area contributed by atoms with Gasteiger partial charge in [0, 0.05) is 18.1 Å². The second-order valence-corrected chi connectivity index (χ2v) is 8.81. The van der Waals surface area contributed by atoms with Crippen molar-refractivity contribution in [3.05, 3.63) is 53.6 Å². The monoisotopic (exact) mass is 405 g/mol. The third-order valence-electron chi connectivity index (χ3n) is 4.72. The van der Waals surface area contributed by atoms with Crippen LogP contribution in [-0.2, 0) is 14.8 Å². The van der Waals surface area contributed by atoms with E-state index >= 15 is 0 Å². The Bertz CT molecular complexity index is 1000. The van der Waals surface area contributed by atoms with E-state index in [0.717, 1.165) is 16.0 Å². The number of sulfonamides is 1. The number of nitrogens with zero attached hydrogens (tertiary/aromatic N) is 2. The SMILES string of the molecule is O=C1CNC(=O)N1C1CN(S(=O)(=O)c2ccc(-c3cccc(Cl)c3)cc2)C1. The summed E-state index contributed by atoms with van der Waals surface area (Å²) in [5.41, 5.74) is 1.76. The van der Waals surface area contributed by atoms with Crippen molar-refractivity contribution in [1.82, 2.24) is 14.5 Å². The van der Waals surface area contributed by atoms with E-state index in [9.17, 15) is 18.0 Å². The van der Waals surface area contributed by atoms with E-state index in [4.69, 9.17) is 11.6 Å². The number of halogens is 1. The second kappa shape index (κ2) is 6.63. The summed E-state index contributed by atoms with van der Waals surface area (Å²) in [6.07, 6.45) is 0. The van der Waals surface area contributed by atoms with Crippen molar-refractivity contribution in [2.24, 2.45) is 0 Å². The standard InChI is InChI=1S/C18H16ClN3O4S/c19-14-3-1-2-13(8-14)12-4-6-16(7-5-12)27(25,26)21-10-15(11-21)22-17(23)9-20-18(22)24/h1-8,15H,9-11H2,(H,20,24). The highest BCUT2D eigenvalue weighted by Gasteiger charge is 2.45. The highest BCUT2D eigenvalue weighted by Crippen LogP contribution is 2.28. The summed E-state index contributed by atoms with van der Waals surface area (Å²) in [5, 5.41) is 3.05. The summed E-state index contributed by atoms with van der Waals surface area (Å²) in [4.78, 5) is 24.6. The zero-order valence-corrected chi connectivity index (χ0v) is 15.7. The molecule has 7 nitrogen and oxygen atoms in total. The maximum absolute atomic E-state index is 12.7. The number of hydrogen-bond acceptors (Lipinski definition) is 4. The van der Waals surface area contributed by atoms with Crippen LogP contribution in [-0.4, -0.2) is 55.2 Å². The van der Waals surface area contributed by atoms with Gasteiger partial charge in [0.05, 0.1) is 17.5 Å². The van der Waals surface area contributed by atoms with Gasteiger partial charge >= 0.3 is 6.03 Å². The Hall–Kier alpha value is -2.42. The van der Waals surface area contributed by atoms with Crippen LogP contribution in [0.4, 0.5) is 4.79 Å². The van der Waals surface area contributed by atoms with Gasteiger partial charge in [0.25, 0.3) is 0 Å². The zero-order valence-electron chi connectivity index (χ0n) is 14.1. The van der Waals surface area contributed by atoms with E-state index in [-0.39, 0.29) is 30.4 Å². The molecule has 2 aromatic rings. The Labute approximate surface area is 161 Å². The predicted octanol–water partition coefficient (Wildman–Crippen LogP) is 1.93. The molecule has 9 heteroatoms. The van der Waals surface area contributed by atoms with Crippen LogP contribution in [0.5, 0.6) is 0 Å². The average Bonchev–Trinajstić information content (AvgIpc) is 2.93. The Balaban J connectivity index is 1.48. The molecular formula is C18H16ClN3O4S. The number of rotatable bonds is 4. The summed E-state index contributed by atoms with van der Waals surface area (Å²) in [6, 6.07) is 13.0. The van der Waals surface area contributed by atoms with Gasteiger partial charge in [-0.25, -0.2) is 13.2 Å². The van der Waals surface area contributed by atoms with E-state index in [1.54, 1.807) is 30.3 Å². The molecule has 1 N–H and O–H groups in total. The maximum atomic E-state index is 12.7. The first kappa shape index (κ1) is 18.0. The third kappa shape index (κ3) is 3.20. The smallest absolute Gasteiger partial charge is 0.324 e. The van der Waals surface area contributed by atoms with Crippen molar-refractivity contribution in [3.8, 4) is 11.1 Å². The largest absolute Gasteiger partial charge is 0.329 e. The number of hydrogen-bond donors (Lipinski definition) is 1. The van der Waals surface area contributed by atoms with Crippen molar-refractivity contribution in [1.29, 1.82) is 0 Å². The van der Waals surface area contributed by atoms with Crippen molar-refractivity contribution in [2.75, 3.05) is 19.6 Å². The van der Waals surface area contributed by atoms with Crippen LogP contribution < -0.4 is 5.32 Å². The normalized spacial score (nSPS) is 18.5. The molecule has 0 atom stereocenters. The molecule has 2 fully saturated rings. The number of amides is 3. The predicted molar refractivity (Wildman–Crippen MR) is 99.7 cm³/mol. The average molecular weight is 406 g/mol. The second-order valence-electron chi connectivity index (χ2n) is 6.43. The van der Waals surface area contributed by atoms with Crippen molar-refractivity contribution in [3.63, 3.8) is 0 Å². The fourth-order valence-electron chi connectivity index (χ4n) is 3.22. The molecule has 2 saturated heterocycles. The molecule has 2 aliphatic rings. The molecule has 4 rings (SSSR count). The molecule has 0 bridgehead atoms. The lowest BCUT2D eigenvalue weighted by atomic mass is 10.1. The van der Waals surface area contributed by atoms with Gasteiger partial charge in [-0.2, -0.15) is 4.31 Å². The van der Waals surface area contributed by atoms with Gasteiger partial charge in [-0.3, -0.25) is 9.69 Å². The van der Waals surface area contributed by atoms with E-state index in [1.165, 1.54) is 4.31 Å². The number of carbonyl (C=O) groups excluding carboxylic acids is 2. The molecule has 0 saturated carbocycles. The van der Waals surface area contributed by atoms with Crippen molar-refractivity contribution >= 4 is 33.6 Å². The molecular weight excluding hydrogens is 390 g/mol. The molecule has 27 heavy (non-hydrogen) atoms. The van der Waals surface area contributed by atoms with Gasteiger partial charge in [0.15, 0.2) is 0 Å². The number of urea groups is 1. The van der Waals surface area contributed by atoms with Crippen LogP contribution in [0.3, 0.4) is 0 Å². The van der Waals surface area contributed by atoms with E-state index in [0.29, 0.717) is 5.02 Å². The molecule has 0 spiro atoms. The fraction of sp³-hybridized carbons (Fsp3) is 0.222. The number of nitrogens with one attached hydrogen (secondary N) is 1. The molecule has 140 valence electrons. The zero-order chi connectivity index (χ0) is 19.2. The van der Waals surface area contributed by atoms with Gasteiger partial charge in [0.2, 0.25) is 15.9 Å². The lowest BCUT2D eigenvalue weighted by Crippen LogP contribution is -2.62. The van der Waals surface area contributed by atoms with Crippen LogP contribution in [0.1, 0.15) is 0 Å². The van der Waals surface area contributed by atoms with E-state index in [2.05, 4.69) is 5.32 Å². The number of imide groups is 1. The summed E-state index contributed by atoms with van der Waals surface area (Å²) < 4.78 is 26.8. The highest BCUT2D eigenvalue weighted by atomic mass is 35.5. The molecule has 0 radical (unpaired) electrons. The molecule has 0 unspecified atom stereocenters. The maximum Gasteiger partial charge on any atom is 0.324 e. The van der Waals surface area contributed by atoms with Gasteiger partial charge in [0.1, 0.15) is 0 Å². The summed E-state index contributed by atoms with van der Waals surface area (Å²) in [7, 11) is -3.67. The first-order valence-corrected chi connectivity index (χ1v) is 10.1. The van der Waals surface area contributed by atoms with Crippen LogP contribution in [0.2, 0.25) is 5.02 Å². The molecule has 3 amide bonds. The minimum absolute atomic E-state index is 0.0347. The van der Waals surface area contributed by atoms with Crippen LogP contribution >= 0.6 is 11.6 Å². The first-order chi connectivity index (χ1) is 12.9. The van der Waals surface area contributed by atoms with Gasteiger partial charge in [-0.1, -0.05) is 35.9 Å². The van der Waals surface area contributed by atoms with E-state index in [1.807, 2.05) is 18.2 Å². The first-order valence-electron chi connectivity index (χ1n) is 8.32. The van der Waals surface area contributed by atoms with Crippen LogP contribution in [0.25, 0.3) is 11.1 Å². The minimum Gasteiger partial charge on any atom is -0.329 e. The van der Waals surface area contributed by atoms with Crippen LogP contribution in [0.15, 0.2) is 53.4 Å². The topological polar surface area (TPSA) is 86.8 Å². The fourth-order valence-corrected chi connectivity index (χ4v) is 4.92. The Morgan fingerprint density at radius 2 is 1.70 bits per heavy atom. The lowest BCUT2D eigenvalue weighted by molar-refractivity contribution is -0.128. The third-order valence-corrected chi connectivity index (χ3v) is 6.80. The summed E-state index contributed by atoms with van der Waals surface area (Å²) in [6.45, 7) is 0.183. The molecule has 2 aliphatic heterocycles. The molecule has 2 heterocycles. The van der Waals surface area contributed by atoms with Gasteiger partial charge in [-0.05, 0) is 35.4 Å². The molecule has 0 aliphatic carbocycles. The number of benzene rings is 2. The van der Waals surface area contributed by atoms with Crippen LogP contribution in [0, 0.1) is 0 Å². The molecule has 0 aromatic heterocycles. The summed E-state index contributed by atoms with van der Waals surface area (Å²) in [5.74, 6) is -0.326. The molecule has 2 aromatic carbocycles. The lowest BCUT2D eigenvalue weighted by Gasteiger charge is -2.41. The quantitative estimate of drug-likeness (QED) is 0.787. The van der Waals surface area contributed by atoms with Gasteiger partial charge < -0.3 is 5.32 Å². The minimum atomic E-state index is -3.67. The Kier molecular flexibility index (Phi) is 4.41. The van der Waals surface area contributed by atoms with Crippen molar-refractivity contribution in [2.45, 2.75) is 10.9 Å².